The summed E-state index contributed by atoms with van der Waals surface area (Å²) in [5.74, 6) is 0. The van der Waals surface area contributed by atoms with Gasteiger partial charge in [0.2, 0.25) is 0 Å². The molecule has 0 radical (unpaired) electrons. The summed E-state index contributed by atoms with van der Waals surface area (Å²) in [5.41, 5.74) is 6.77. The molecule has 0 amide bonds. The summed E-state index contributed by atoms with van der Waals surface area (Å²) in [6.07, 6.45) is 0. The fourth-order valence-corrected chi connectivity index (χ4v) is 2.26. The third-order valence-corrected chi connectivity index (χ3v) is 2.91. The van der Waals surface area contributed by atoms with Crippen molar-refractivity contribution >= 4 is 27.3 Å². The van der Waals surface area contributed by atoms with Gasteiger partial charge in [0.25, 0.3) is 0 Å². The molecule has 3 N–H and O–H groups in total. The van der Waals surface area contributed by atoms with Gasteiger partial charge in [-0.2, -0.15) is 0 Å². The molecule has 0 aliphatic rings. The molecule has 0 spiro atoms. The highest BCUT2D eigenvalue weighted by atomic mass is 79.9. The number of nitrogens with two attached hydrogens (primary N) is 1. The van der Waals surface area contributed by atoms with Crippen LogP contribution < -0.4 is 10.6 Å². The van der Waals surface area contributed by atoms with E-state index in [2.05, 4.69) is 27.8 Å². The van der Waals surface area contributed by atoms with Crippen molar-refractivity contribution < 1.29 is 5.11 Å². The molecule has 0 heterocycles. The molecule has 1 aromatic rings. The van der Waals surface area contributed by atoms with Crippen LogP contribution in [0.15, 0.2) is 22.7 Å². The first kappa shape index (κ1) is 13.3. The Hall–Kier alpha value is -0.740. The van der Waals surface area contributed by atoms with Gasteiger partial charge in [0.1, 0.15) is 0 Å². The summed E-state index contributed by atoms with van der Waals surface area (Å²) >= 11 is 3.49. The van der Waals surface area contributed by atoms with Crippen molar-refractivity contribution in [1.82, 2.24) is 0 Å². The highest BCUT2D eigenvalue weighted by Crippen LogP contribution is 2.29. The van der Waals surface area contributed by atoms with Crippen molar-refractivity contribution in [1.29, 1.82) is 0 Å². The first-order chi connectivity index (χ1) is 7.33. The first-order valence-corrected chi connectivity index (χ1v) is 6.15. The number of rotatable bonds is 4. The van der Waals surface area contributed by atoms with E-state index in [-0.39, 0.29) is 0 Å². The summed E-state index contributed by atoms with van der Waals surface area (Å²) in [4.78, 5) is 2.11. The topological polar surface area (TPSA) is 49.5 Å². The Labute approximate surface area is 105 Å². The van der Waals surface area contributed by atoms with E-state index in [1.165, 1.54) is 0 Å². The summed E-state index contributed by atoms with van der Waals surface area (Å²) < 4.78 is 0.957. The number of likely N-dealkylation sites (N-methyl/N-ethyl adjacent to an activating group) is 1. The van der Waals surface area contributed by atoms with Gasteiger partial charge in [-0.1, -0.05) is 0 Å². The van der Waals surface area contributed by atoms with Crippen LogP contribution in [-0.4, -0.2) is 23.8 Å². The highest BCUT2D eigenvalue weighted by Gasteiger charge is 2.18. The molecule has 0 unspecified atom stereocenters. The van der Waals surface area contributed by atoms with E-state index in [0.717, 1.165) is 22.4 Å². The SMILES string of the molecule is CCN(CC(C)(C)O)c1ccc(N)cc1Br. The van der Waals surface area contributed by atoms with Gasteiger partial charge in [-0.15, -0.1) is 0 Å². The third-order valence-electron chi connectivity index (χ3n) is 2.27. The van der Waals surface area contributed by atoms with Crippen molar-refractivity contribution in [3.05, 3.63) is 22.7 Å². The van der Waals surface area contributed by atoms with Gasteiger partial charge >= 0.3 is 0 Å². The Bertz CT molecular complexity index is 361. The zero-order valence-electron chi connectivity index (χ0n) is 10.00. The van der Waals surface area contributed by atoms with Gasteiger partial charge < -0.3 is 15.7 Å². The van der Waals surface area contributed by atoms with E-state index in [4.69, 9.17) is 5.73 Å². The number of nitrogen functional groups attached to an aromatic ring is 1. The maximum absolute atomic E-state index is 9.84. The van der Waals surface area contributed by atoms with E-state index in [1.54, 1.807) is 13.8 Å². The lowest BCUT2D eigenvalue weighted by Gasteiger charge is -2.30. The Morgan fingerprint density at radius 2 is 2.06 bits per heavy atom. The van der Waals surface area contributed by atoms with Gasteiger partial charge in [-0.25, -0.2) is 0 Å². The standard InChI is InChI=1S/C12H19BrN2O/c1-4-15(8-12(2,3)16)11-6-5-9(14)7-10(11)13/h5-7,16H,4,8,14H2,1-3H3. The van der Waals surface area contributed by atoms with E-state index >= 15 is 0 Å². The normalized spacial score (nSPS) is 11.6. The van der Waals surface area contributed by atoms with Crippen LogP contribution in [0.5, 0.6) is 0 Å². The second kappa shape index (κ2) is 5.06. The van der Waals surface area contributed by atoms with Crippen molar-refractivity contribution in [3.8, 4) is 0 Å². The molecule has 0 aromatic heterocycles. The lowest BCUT2D eigenvalue weighted by Crippen LogP contribution is -2.38. The fourth-order valence-electron chi connectivity index (χ4n) is 1.61. The number of halogens is 1. The maximum Gasteiger partial charge on any atom is 0.0765 e. The summed E-state index contributed by atoms with van der Waals surface area (Å²) in [6, 6.07) is 5.71. The second-order valence-electron chi connectivity index (χ2n) is 4.54. The predicted octanol–water partition coefficient (Wildman–Crippen LogP) is 2.63. The van der Waals surface area contributed by atoms with Crippen LogP contribution in [0.2, 0.25) is 0 Å². The van der Waals surface area contributed by atoms with Crippen LogP contribution in [-0.2, 0) is 0 Å². The average Bonchev–Trinajstić information content (AvgIpc) is 2.13. The minimum Gasteiger partial charge on any atom is -0.399 e. The quantitative estimate of drug-likeness (QED) is 0.837. The van der Waals surface area contributed by atoms with Crippen LogP contribution in [0, 0.1) is 0 Å². The van der Waals surface area contributed by atoms with Crippen molar-refractivity contribution in [2.24, 2.45) is 0 Å². The minimum absolute atomic E-state index is 0.589. The molecule has 0 fully saturated rings. The minimum atomic E-state index is -0.711. The van der Waals surface area contributed by atoms with Crippen molar-refractivity contribution in [2.45, 2.75) is 26.4 Å². The van der Waals surface area contributed by atoms with Gasteiger partial charge in [0.15, 0.2) is 0 Å². The number of hydrogen-bond acceptors (Lipinski definition) is 3. The van der Waals surface area contributed by atoms with Crippen LogP contribution >= 0.6 is 15.9 Å². The predicted molar refractivity (Wildman–Crippen MR) is 72.7 cm³/mol. The van der Waals surface area contributed by atoms with Crippen LogP contribution in [0.3, 0.4) is 0 Å². The van der Waals surface area contributed by atoms with E-state index in [1.807, 2.05) is 18.2 Å². The van der Waals surface area contributed by atoms with Gasteiger partial charge in [0.05, 0.1) is 11.3 Å². The molecule has 0 atom stereocenters. The second-order valence-corrected chi connectivity index (χ2v) is 5.39. The van der Waals surface area contributed by atoms with E-state index in [9.17, 15) is 5.11 Å². The number of hydrogen-bond donors (Lipinski definition) is 2. The summed E-state index contributed by atoms with van der Waals surface area (Å²) in [5, 5.41) is 9.84. The average molecular weight is 287 g/mol. The summed E-state index contributed by atoms with van der Waals surface area (Å²) in [6.45, 7) is 7.11. The van der Waals surface area contributed by atoms with Gasteiger partial charge in [0, 0.05) is 23.2 Å². The largest absolute Gasteiger partial charge is 0.399 e. The van der Waals surface area contributed by atoms with Crippen molar-refractivity contribution in [3.63, 3.8) is 0 Å². The molecule has 1 rings (SSSR count). The molecule has 16 heavy (non-hydrogen) atoms. The number of nitrogens with zero attached hydrogens (tertiary/aromatic N) is 1. The molecule has 0 aliphatic heterocycles. The van der Waals surface area contributed by atoms with Crippen LogP contribution in [0.1, 0.15) is 20.8 Å². The molecule has 0 aliphatic carbocycles. The zero-order valence-corrected chi connectivity index (χ0v) is 11.6. The molecular weight excluding hydrogens is 268 g/mol. The molecule has 4 heteroatoms. The van der Waals surface area contributed by atoms with E-state index in [0.29, 0.717) is 6.54 Å². The molecule has 0 saturated carbocycles. The Morgan fingerprint density at radius 3 is 2.50 bits per heavy atom. The number of aliphatic hydroxyl groups is 1. The lowest BCUT2D eigenvalue weighted by molar-refractivity contribution is 0.0875. The molecule has 0 bridgehead atoms. The Balaban J connectivity index is 2.95. The zero-order chi connectivity index (χ0) is 12.3. The van der Waals surface area contributed by atoms with Crippen molar-refractivity contribution in [2.75, 3.05) is 23.7 Å². The van der Waals surface area contributed by atoms with Crippen LogP contribution in [0.25, 0.3) is 0 Å². The van der Waals surface area contributed by atoms with Crippen LogP contribution in [0.4, 0.5) is 11.4 Å². The summed E-state index contributed by atoms with van der Waals surface area (Å²) in [7, 11) is 0. The monoisotopic (exact) mass is 286 g/mol. The number of anilines is 2. The highest BCUT2D eigenvalue weighted by molar-refractivity contribution is 9.10. The van der Waals surface area contributed by atoms with Gasteiger partial charge in [-0.3, -0.25) is 0 Å². The number of benzene rings is 1. The third kappa shape index (κ3) is 3.68. The molecule has 1 aromatic carbocycles. The fraction of sp³-hybridized carbons (Fsp3) is 0.500. The molecule has 0 saturated heterocycles. The molecular formula is C12H19BrN2O. The lowest BCUT2D eigenvalue weighted by atomic mass is 10.1. The maximum atomic E-state index is 9.84. The first-order valence-electron chi connectivity index (χ1n) is 5.36. The Morgan fingerprint density at radius 1 is 1.44 bits per heavy atom. The Kier molecular flexibility index (Phi) is 4.21. The molecule has 3 nitrogen and oxygen atoms in total. The van der Waals surface area contributed by atoms with E-state index < -0.39 is 5.60 Å². The molecule has 90 valence electrons. The smallest absolute Gasteiger partial charge is 0.0765 e. The van der Waals surface area contributed by atoms with Gasteiger partial charge in [-0.05, 0) is 54.9 Å².